The van der Waals surface area contributed by atoms with Crippen LogP contribution in [0.1, 0.15) is 24.5 Å². The van der Waals surface area contributed by atoms with Crippen LogP contribution in [-0.2, 0) is 16.0 Å². The zero-order chi connectivity index (χ0) is 17.3. The number of nitrogens with one attached hydrogen (secondary N) is 1. The molecule has 1 fully saturated rings. The number of nitrogens with zero attached hydrogens (tertiary/aromatic N) is 1. The number of halogens is 1. The number of anilines is 2. The summed E-state index contributed by atoms with van der Waals surface area (Å²) in [6.07, 6.45) is 1.13. The number of hydrogen-bond donors (Lipinski definition) is 1. The molecule has 2 amide bonds. The maximum absolute atomic E-state index is 12.7. The van der Waals surface area contributed by atoms with Gasteiger partial charge < -0.3 is 5.32 Å². The predicted octanol–water partition coefficient (Wildman–Crippen LogP) is 4.06. The summed E-state index contributed by atoms with van der Waals surface area (Å²) in [4.78, 5) is 26.3. The molecule has 5 heteroatoms. The van der Waals surface area contributed by atoms with Crippen molar-refractivity contribution in [2.75, 3.05) is 10.2 Å². The second kappa shape index (κ2) is 6.77. The lowest BCUT2D eigenvalue weighted by molar-refractivity contribution is -0.121. The van der Waals surface area contributed by atoms with Crippen LogP contribution in [0.3, 0.4) is 0 Å². The number of hydrogen-bond acceptors (Lipinski definition) is 3. The summed E-state index contributed by atoms with van der Waals surface area (Å²) < 4.78 is 0.747. The van der Waals surface area contributed by atoms with E-state index in [1.165, 1.54) is 10.5 Å². The van der Waals surface area contributed by atoms with E-state index in [0.29, 0.717) is 5.69 Å². The first-order chi connectivity index (χ1) is 11.5. The van der Waals surface area contributed by atoms with Gasteiger partial charge in [-0.15, -0.1) is 0 Å². The topological polar surface area (TPSA) is 49.4 Å². The second-order valence-corrected chi connectivity index (χ2v) is 6.83. The van der Waals surface area contributed by atoms with Crippen LogP contribution in [0.2, 0.25) is 0 Å². The summed E-state index contributed by atoms with van der Waals surface area (Å²) in [5, 5.41) is 3.18. The van der Waals surface area contributed by atoms with Gasteiger partial charge in [0.05, 0.1) is 12.1 Å². The molecule has 1 heterocycles. The van der Waals surface area contributed by atoms with E-state index in [2.05, 4.69) is 28.2 Å². The molecular formula is C19H19BrN2O2. The van der Waals surface area contributed by atoms with Gasteiger partial charge in [0.1, 0.15) is 6.04 Å². The van der Waals surface area contributed by atoms with Crippen LogP contribution in [-0.4, -0.2) is 17.9 Å². The molecule has 0 bridgehead atoms. The number of aryl methyl sites for hydroxylation is 2. The molecule has 124 valence electrons. The molecule has 1 aliphatic rings. The van der Waals surface area contributed by atoms with Gasteiger partial charge in [0.2, 0.25) is 5.91 Å². The van der Waals surface area contributed by atoms with Crippen molar-refractivity contribution in [1.29, 1.82) is 0 Å². The highest BCUT2D eigenvalue weighted by Gasteiger charge is 2.40. The number of imide groups is 1. The van der Waals surface area contributed by atoms with Gasteiger partial charge in [0.15, 0.2) is 0 Å². The van der Waals surface area contributed by atoms with Gasteiger partial charge in [-0.05, 0) is 64.7 Å². The third-order valence-electron chi connectivity index (χ3n) is 4.19. The van der Waals surface area contributed by atoms with Crippen LogP contribution in [0.15, 0.2) is 46.9 Å². The highest BCUT2D eigenvalue weighted by Crippen LogP contribution is 2.32. The molecule has 0 spiro atoms. The maximum atomic E-state index is 12.7. The van der Waals surface area contributed by atoms with Gasteiger partial charge >= 0.3 is 0 Å². The van der Waals surface area contributed by atoms with E-state index < -0.39 is 6.04 Å². The lowest BCUT2D eigenvalue weighted by Gasteiger charge is -2.18. The Morgan fingerprint density at radius 2 is 1.88 bits per heavy atom. The molecule has 24 heavy (non-hydrogen) atoms. The smallest absolute Gasteiger partial charge is 0.256 e. The first kappa shape index (κ1) is 16.7. The molecule has 0 aromatic heterocycles. The van der Waals surface area contributed by atoms with E-state index in [-0.39, 0.29) is 18.2 Å². The third kappa shape index (κ3) is 3.22. The molecule has 0 aliphatic carbocycles. The first-order valence-electron chi connectivity index (χ1n) is 7.98. The Balaban J connectivity index is 1.80. The SMILES string of the molecule is CCc1ccc(NC2CC(=O)N(c3ccc(C)cc3Br)C2=O)cc1. The first-order valence-corrected chi connectivity index (χ1v) is 8.77. The Morgan fingerprint density at radius 3 is 2.50 bits per heavy atom. The Morgan fingerprint density at radius 1 is 1.17 bits per heavy atom. The number of carbonyl (C=O) groups is 2. The van der Waals surface area contributed by atoms with Gasteiger partial charge in [-0.1, -0.05) is 25.1 Å². The standard InChI is InChI=1S/C19H19BrN2O2/c1-3-13-5-7-14(8-6-13)21-16-11-18(23)22(19(16)24)17-9-4-12(2)10-15(17)20/h4-10,16,21H,3,11H2,1-2H3. The molecule has 0 radical (unpaired) electrons. The van der Waals surface area contributed by atoms with Crippen molar-refractivity contribution in [2.45, 2.75) is 32.7 Å². The van der Waals surface area contributed by atoms with Gasteiger partial charge in [0.25, 0.3) is 5.91 Å². The van der Waals surface area contributed by atoms with E-state index in [9.17, 15) is 9.59 Å². The van der Waals surface area contributed by atoms with Crippen molar-refractivity contribution < 1.29 is 9.59 Å². The molecule has 2 aromatic carbocycles. The highest BCUT2D eigenvalue weighted by atomic mass is 79.9. The number of rotatable bonds is 4. The Kier molecular flexibility index (Phi) is 4.71. The van der Waals surface area contributed by atoms with E-state index in [0.717, 1.165) is 22.1 Å². The quantitative estimate of drug-likeness (QED) is 0.805. The van der Waals surface area contributed by atoms with E-state index in [1.807, 2.05) is 43.3 Å². The van der Waals surface area contributed by atoms with Crippen LogP contribution < -0.4 is 10.2 Å². The van der Waals surface area contributed by atoms with Crippen LogP contribution in [0.4, 0.5) is 11.4 Å². The zero-order valence-electron chi connectivity index (χ0n) is 13.7. The summed E-state index contributed by atoms with van der Waals surface area (Å²) in [6, 6.07) is 13.0. The van der Waals surface area contributed by atoms with Crippen LogP contribution >= 0.6 is 15.9 Å². The van der Waals surface area contributed by atoms with Crippen molar-refractivity contribution >= 4 is 39.1 Å². The Labute approximate surface area is 150 Å². The maximum Gasteiger partial charge on any atom is 0.256 e. The molecule has 0 saturated carbocycles. The van der Waals surface area contributed by atoms with E-state index in [1.54, 1.807) is 6.07 Å². The Hall–Kier alpha value is -2.14. The summed E-state index contributed by atoms with van der Waals surface area (Å²) in [5.74, 6) is -0.406. The number of amides is 2. The van der Waals surface area contributed by atoms with E-state index in [4.69, 9.17) is 0 Å². The minimum atomic E-state index is -0.529. The molecule has 4 nitrogen and oxygen atoms in total. The van der Waals surface area contributed by atoms with Gasteiger partial charge in [-0.2, -0.15) is 0 Å². The Bertz CT molecular complexity index is 786. The van der Waals surface area contributed by atoms with Gasteiger partial charge in [0, 0.05) is 10.2 Å². The molecule has 1 aliphatic heterocycles. The molecule has 1 N–H and O–H groups in total. The fourth-order valence-corrected chi connectivity index (χ4v) is 3.50. The number of carbonyl (C=O) groups excluding carboxylic acids is 2. The number of benzene rings is 2. The average Bonchev–Trinajstić information content (AvgIpc) is 2.83. The van der Waals surface area contributed by atoms with Crippen LogP contribution in [0.25, 0.3) is 0 Å². The van der Waals surface area contributed by atoms with E-state index >= 15 is 0 Å². The third-order valence-corrected chi connectivity index (χ3v) is 4.83. The molecule has 1 saturated heterocycles. The molecule has 3 rings (SSSR count). The zero-order valence-corrected chi connectivity index (χ0v) is 15.3. The summed E-state index contributed by atoms with van der Waals surface area (Å²) >= 11 is 3.45. The summed E-state index contributed by atoms with van der Waals surface area (Å²) in [7, 11) is 0. The predicted molar refractivity (Wildman–Crippen MR) is 99.2 cm³/mol. The largest absolute Gasteiger partial charge is 0.373 e. The molecular weight excluding hydrogens is 368 g/mol. The lowest BCUT2D eigenvalue weighted by Crippen LogP contribution is -2.35. The monoisotopic (exact) mass is 386 g/mol. The molecule has 1 unspecified atom stereocenters. The minimum Gasteiger partial charge on any atom is -0.373 e. The van der Waals surface area contributed by atoms with Gasteiger partial charge in [-0.25, -0.2) is 4.90 Å². The van der Waals surface area contributed by atoms with Crippen molar-refractivity contribution in [3.8, 4) is 0 Å². The van der Waals surface area contributed by atoms with Crippen molar-refractivity contribution in [3.05, 3.63) is 58.1 Å². The average molecular weight is 387 g/mol. The fraction of sp³-hybridized carbons (Fsp3) is 0.263. The minimum absolute atomic E-state index is 0.161. The summed E-state index contributed by atoms with van der Waals surface area (Å²) in [5.41, 5.74) is 3.75. The fourth-order valence-electron chi connectivity index (χ4n) is 2.83. The lowest BCUT2D eigenvalue weighted by atomic mass is 10.1. The molecule has 2 aromatic rings. The van der Waals surface area contributed by atoms with Crippen molar-refractivity contribution in [1.82, 2.24) is 0 Å². The van der Waals surface area contributed by atoms with Crippen LogP contribution in [0, 0.1) is 6.92 Å². The summed E-state index contributed by atoms with van der Waals surface area (Å²) in [6.45, 7) is 4.06. The highest BCUT2D eigenvalue weighted by molar-refractivity contribution is 9.10. The van der Waals surface area contributed by atoms with Crippen LogP contribution in [0.5, 0.6) is 0 Å². The molecule has 1 atom stereocenters. The van der Waals surface area contributed by atoms with Crippen molar-refractivity contribution in [3.63, 3.8) is 0 Å². The van der Waals surface area contributed by atoms with Crippen molar-refractivity contribution in [2.24, 2.45) is 0 Å². The van der Waals surface area contributed by atoms with Gasteiger partial charge in [-0.3, -0.25) is 9.59 Å². The second-order valence-electron chi connectivity index (χ2n) is 5.97. The normalized spacial score (nSPS) is 17.5.